The number of benzene rings is 1. The molecule has 1 aliphatic carbocycles. The summed E-state index contributed by atoms with van der Waals surface area (Å²) >= 11 is 0. The second kappa shape index (κ2) is 12.9. The van der Waals surface area contributed by atoms with Gasteiger partial charge in [-0.15, -0.1) is 24.0 Å². The fourth-order valence-corrected chi connectivity index (χ4v) is 3.54. The molecule has 1 aromatic carbocycles. The van der Waals surface area contributed by atoms with Crippen LogP contribution in [0.4, 0.5) is 0 Å². The summed E-state index contributed by atoms with van der Waals surface area (Å²) < 4.78 is 5.14. The molecule has 0 aromatic heterocycles. The second-order valence-electron chi connectivity index (χ2n) is 7.53. The Bertz CT molecular complexity index is 613. The number of nitrogens with one attached hydrogen (secondary N) is 2. The van der Waals surface area contributed by atoms with Crippen molar-refractivity contribution >= 4 is 35.8 Å². The molecule has 6 nitrogen and oxygen atoms in total. The number of methoxy groups -OCH3 is 1. The molecule has 0 atom stereocenters. The van der Waals surface area contributed by atoms with Crippen LogP contribution in [0.15, 0.2) is 29.3 Å². The van der Waals surface area contributed by atoms with Crippen molar-refractivity contribution in [1.29, 1.82) is 0 Å². The van der Waals surface area contributed by atoms with Crippen LogP contribution in [0.2, 0.25) is 0 Å². The molecule has 1 saturated carbocycles. The van der Waals surface area contributed by atoms with Gasteiger partial charge in [-0.05, 0) is 42.4 Å². The number of guanidine groups is 1. The van der Waals surface area contributed by atoms with Crippen LogP contribution in [0.1, 0.15) is 38.2 Å². The molecule has 0 heterocycles. The van der Waals surface area contributed by atoms with Gasteiger partial charge in [0.2, 0.25) is 5.91 Å². The van der Waals surface area contributed by atoms with E-state index >= 15 is 0 Å². The minimum atomic E-state index is -0.0492. The van der Waals surface area contributed by atoms with E-state index in [1.54, 1.807) is 14.2 Å². The van der Waals surface area contributed by atoms with E-state index in [1.165, 1.54) is 25.7 Å². The van der Waals surface area contributed by atoms with E-state index < -0.39 is 0 Å². The molecule has 2 rings (SSSR count). The third kappa shape index (κ3) is 8.24. The van der Waals surface area contributed by atoms with Crippen molar-refractivity contribution < 1.29 is 9.53 Å². The topological polar surface area (TPSA) is 66.0 Å². The number of aliphatic imine (C=N–C) groups is 1. The molecule has 158 valence electrons. The molecule has 0 aliphatic heterocycles. The van der Waals surface area contributed by atoms with E-state index in [0.717, 1.165) is 29.7 Å². The maximum Gasteiger partial charge on any atom is 0.239 e. The maximum atomic E-state index is 12.1. The molecule has 7 heteroatoms. The Hall–Kier alpha value is -1.51. The largest absolute Gasteiger partial charge is 0.497 e. The molecule has 0 saturated heterocycles. The van der Waals surface area contributed by atoms with E-state index in [4.69, 9.17) is 4.74 Å². The number of nitrogens with zero attached hydrogens (tertiary/aromatic N) is 2. The first kappa shape index (κ1) is 24.5. The maximum absolute atomic E-state index is 12.1. The van der Waals surface area contributed by atoms with Gasteiger partial charge in [0.1, 0.15) is 5.75 Å². The number of halogens is 1. The van der Waals surface area contributed by atoms with E-state index in [-0.39, 0.29) is 36.4 Å². The van der Waals surface area contributed by atoms with Crippen LogP contribution in [-0.4, -0.2) is 51.1 Å². The monoisotopic (exact) mass is 502 g/mol. The van der Waals surface area contributed by atoms with Crippen molar-refractivity contribution in [3.05, 3.63) is 29.8 Å². The van der Waals surface area contributed by atoms with Gasteiger partial charge in [0.25, 0.3) is 0 Å². The summed E-state index contributed by atoms with van der Waals surface area (Å²) in [6, 6.07) is 7.68. The molecule has 0 unspecified atom stereocenters. The van der Waals surface area contributed by atoms with Crippen LogP contribution in [0.5, 0.6) is 5.75 Å². The van der Waals surface area contributed by atoms with Crippen LogP contribution in [0.3, 0.4) is 0 Å². The highest BCUT2D eigenvalue weighted by Gasteiger charge is 2.20. The summed E-state index contributed by atoms with van der Waals surface area (Å²) in [5, 5.41) is 6.09. The predicted octanol–water partition coefficient (Wildman–Crippen LogP) is 3.26. The summed E-state index contributed by atoms with van der Waals surface area (Å²) in [5.74, 6) is 3.11. The summed E-state index contributed by atoms with van der Waals surface area (Å²) in [4.78, 5) is 18.6. The van der Waals surface area contributed by atoms with Gasteiger partial charge < -0.3 is 20.3 Å². The molecule has 0 spiro atoms. The van der Waals surface area contributed by atoms with Gasteiger partial charge in [-0.25, -0.2) is 0 Å². The van der Waals surface area contributed by atoms with Gasteiger partial charge in [-0.2, -0.15) is 0 Å². The third-order valence-corrected chi connectivity index (χ3v) is 5.30. The van der Waals surface area contributed by atoms with Gasteiger partial charge >= 0.3 is 0 Å². The lowest BCUT2D eigenvalue weighted by molar-refractivity contribution is -0.120. The summed E-state index contributed by atoms with van der Waals surface area (Å²) in [6.45, 7) is 4.04. The average Bonchev–Trinajstić information content (AvgIpc) is 2.69. The minimum absolute atomic E-state index is 0. The zero-order valence-electron chi connectivity index (χ0n) is 17.5. The zero-order valence-corrected chi connectivity index (χ0v) is 19.9. The molecular weight excluding hydrogens is 467 g/mol. The highest BCUT2D eigenvalue weighted by molar-refractivity contribution is 14.0. The Morgan fingerprint density at radius 3 is 2.39 bits per heavy atom. The van der Waals surface area contributed by atoms with Crippen molar-refractivity contribution in [3.8, 4) is 5.75 Å². The van der Waals surface area contributed by atoms with E-state index in [2.05, 4.69) is 27.4 Å². The first-order valence-corrected chi connectivity index (χ1v) is 9.83. The van der Waals surface area contributed by atoms with Gasteiger partial charge in [-0.3, -0.25) is 9.79 Å². The quantitative estimate of drug-likeness (QED) is 0.342. The number of carbonyl (C=O) groups is 1. The van der Waals surface area contributed by atoms with Crippen molar-refractivity contribution in [2.45, 2.75) is 39.2 Å². The normalized spacial score (nSPS) is 19.4. The Balaban J connectivity index is 0.00000392. The van der Waals surface area contributed by atoms with Crippen LogP contribution < -0.4 is 15.4 Å². The molecule has 1 aromatic rings. The van der Waals surface area contributed by atoms with Gasteiger partial charge in [0.05, 0.1) is 13.7 Å². The van der Waals surface area contributed by atoms with E-state index in [9.17, 15) is 4.79 Å². The van der Waals surface area contributed by atoms with Crippen molar-refractivity contribution in [3.63, 3.8) is 0 Å². The molecule has 1 aliphatic rings. The first-order valence-electron chi connectivity index (χ1n) is 9.83. The number of rotatable bonds is 7. The highest BCUT2D eigenvalue weighted by atomic mass is 127. The molecule has 0 radical (unpaired) electrons. The summed E-state index contributed by atoms with van der Waals surface area (Å²) in [7, 11) is 5.45. The Morgan fingerprint density at radius 2 is 1.82 bits per heavy atom. The smallest absolute Gasteiger partial charge is 0.239 e. The third-order valence-electron chi connectivity index (χ3n) is 5.30. The summed E-state index contributed by atoms with van der Waals surface area (Å²) in [5.41, 5.74) is 1.04. The van der Waals surface area contributed by atoms with Crippen LogP contribution in [0.25, 0.3) is 0 Å². The fourth-order valence-electron chi connectivity index (χ4n) is 3.54. The average molecular weight is 502 g/mol. The number of ether oxygens (including phenoxy) is 1. The Morgan fingerprint density at radius 1 is 1.18 bits per heavy atom. The standard InChI is InChI=1S/C21H34N4O2.HI/c1-16-5-7-18(8-6-16)15-25(3)21(22-2)24-14-20(26)23-13-17-9-11-19(27-4)12-10-17;/h9-12,16,18H,5-8,13-15H2,1-4H3,(H,22,24)(H,23,26);1H. The first-order chi connectivity index (χ1) is 13.0. The number of hydrogen-bond donors (Lipinski definition) is 2. The SMILES string of the molecule is CN=C(NCC(=O)NCc1ccc(OC)cc1)N(C)CC1CCC(C)CC1.I. The number of carbonyl (C=O) groups excluding carboxylic acids is 1. The molecule has 2 N–H and O–H groups in total. The van der Waals surface area contributed by atoms with E-state index in [0.29, 0.717) is 12.5 Å². The fraction of sp³-hybridized carbons (Fsp3) is 0.619. The lowest BCUT2D eigenvalue weighted by atomic mass is 9.83. The van der Waals surface area contributed by atoms with Crippen molar-refractivity contribution in [2.24, 2.45) is 16.8 Å². The Kier molecular flexibility index (Phi) is 11.3. The lowest BCUT2D eigenvalue weighted by Gasteiger charge is -2.31. The minimum Gasteiger partial charge on any atom is -0.497 e. The number of amides is 1. The Labute approximate surface area is 186 Å². The van der Waals surface area contributed by atoms with Gasteiger partial charge in [0, 0.05) is 27.2 Å². The molecular formula is C21H35IN4O2. The molecule has 28 heavy (non-hydrogen) atoms. The van der Waals surface area contributed by atoms with Crippen LogP contribution in [-0.2, 0) is 11.3 Å². The molecule has 1 amide bonds. The van der Waals surface area contributed by atoms with Crippen LogP contribution in [0, 0.1) is 11.8 Å². The van der Waals surface area contributed by atoms with Crippen molar-refractivity contribution in [2.75, 3.05) is 34.3 Å². The second-order valence-corrected chi connectivity index (χ2v) is 7.53. The highest BCUT2D eigenvalue weighted by Crippen LogP contribution is 2.28. The number of hydrogen-bond acceptors (Lipinski definition) is 3. The lowest BCUT2D eigenvalue weighted by Crippen LogP contribution is -2.45. The van der Waals surface area contributed by atoms with Gasteiger partial charge in [-0.1, -0.05) is 31.9 Å². The molecule has 0 bridgehead atoms. The summed E-state index contributed by atoms with van der Waals surface area (Å²) in [6.07, 6.45) is 5.20. The van der Waals surface area contributed by atoms with E-state index in [1.807, 2.05) is 31.3 Å². The predicted molar refractivity (Wildman–Crippen MR) is 125 cm³/mol. The van der Waals surface area contributed by atoms with Gasteiger partial charge in [0.15, 0.2) is 5.96 Å². The van der Waals surface area contributed by atoms with Crippen molar-refractivity contribution in [1.82, 2.24) is 15.5 Å². The zero-order chi connectivity index (χ0) is 19.6. The molecule has 1 fully saturated rings. The van der Waals surface area contributed by atoms with Crippen LogP contribution >= 0.6 is 24.0 Å².